The molecular formula is C17H20N2O5. The largest absolute Gasteiger partial charge is 0.481 e. The number of aliphatic carboxylic acids is 1. The highest BCUT2D eigenvalue weighted by Gasteiger charge is 2.36. The monoisotopic (exact) mass is 332 g/mol. The second kappa shape index (κ2) is 6.60. The van der Waals surface area contributed by atoms with E-state index < -0.39 is 11.5 Å². The molecule has 0 spiro atoms. The van der Waals surface area contributed by atoms with Crippen LogP contribution in [0.5, 0.6) is 0 Å². The fraction of sp³-hybridized carbons (Fsp3) is 0.471. The first-order chi connectivity index (χ1) is 11.5. The van der Waals surface area contributed by atoms with Crippen molar-refractivity contribution in [2.45, 2.75) is 37.6 Å². The van der Waals surface area contributed by atoms with Gasteiger partial charge in [-0.1, -0.05) is 0 Å². The van der Waals surface area contributed by atoms with Gasteiger partial charge in [0.2, 0.25) is 5.91 Å². The summed E-state index contributed by atoms with van der Waals surface area (Å²) in [7, 11) is 0. The number of aryl methyl sites for hydroxylation is 1. The number of carbonyl (C=O) groups is 3. The molecule has 1 aromatic rings. The number of nitrogens with one attached hydrogen (secondary N) is 2. The Balaban J connectivity index is 1.78. The fourth-order valence-electron chi connectivity index (χ4n) is 3.24. The lowest BCUT2D eigenvalue weighted by Crippen LogP contribution is -2.53. The Morgan fingerprint density at radius 1 is 1.25 bits per heavy atom. The summed E-state index contributed by atoms with van der Waals surface area (Å²) >= 11 is 0. The highest BCUT2D eigenvalue weighted by atomic mass is 16.5. The normalized spacial score (nSPS) is 19.1. The summed E-state index contributed by atoms with van der Waals surface area (Å²) in [5, 5.41) is 14.8. The summed E-state index contributed by atoms with van der Waals surface area (Å²) in [6.45, 7) is 0.869. The highest BCUT2D eigenvalue weighted by molar-refractivity contribution is 5.98. The van der Waals surface area contributed by atoms with E-state index in [-0.39, 0.29) is 18.2 Å². The third kappa shape index (κ3) is 3.56. The van der Waals surface area contributed by atoms with Crippen molar-refractivity contribution in [2.24, 2.45) is 0 Å². The topological polar surface area (TPSA) is 105 Å². The molecule has 0 radical (unpaired) electrons. The van der Waals surface area contributed by atoms with Crippen molar-refractivity contribution < 1.29 is 24.2 Å². The van der Waals surface area contributed by atoms with Gasteiger partial charge in [0.15, 0.2) is 0 Å². The van der Waals surface area contributed by atoms with Crippen molar-refractivity contribution in [1.82, 2.24) is 5.32 Å². The van der Waals surface area contributed by atoms with E-state index in [1.807, 2.05) is 0 Å². The van der Waals surface area contributed by atoms with Gasteiger partial charge in [-0.15, -0.1) is 0 Å². The Morgan fingerprint density at radius 3 is 2.71 bits per heavy atom. The van der Waals surface area contributed by atoms with Gasteiger partial charge in [0.1, 0.15) is 0 Å². The van der Waals surface area contributed by atoms with Crippen molar-refractivity contribution in [1.29, 1.82) is 0 Å². The van der Waals surface area contributed by atoms with Gasteiger partial charge in [-0.3, -0.25) is 14.4 Å². The standard InChI is InChI=1S/C17H20N2O5/c20-14-4-2-11-9-12(1-3-13(11)18-14)16(23)19-17(10-15(21)22)5-7-24-8-6-17/h1,3,9H,2,4-8,10H2,(H,18,20)(H,19,23)(H,21,22). The zero-order chi connectivity index (χ0) is 17.2. The molecule has 1 fully saturated rings. The van der Waals surface area contributed by atoms with E-state index in [0.29, 0.717) is 44.5 Å². The number of ether oxygens (including phenoxy) is 1. The lowest BCUT2D eigenvalue weighted by molar-refractivity contribution is -0.139. The summed E-state index contributed by atoms with van der Waals surface area (Å²) in [6.07, 6.45) is 1.83. The Hall–Kier alpha value is -2.41. The minimum atomic E-state index is -0.939. The smallest absolute Gasteiger partial charge is 0.305 e. The Labute approximate surface area is 139 Å². The van der Waals surface area contributed by atoms with Crippen LogP contribution in [0, 0.1) is 0 Å². The molecule has 2 amide bonds. The van der Waals surface area contributed by atoms with Crippen LogP contribution < -0.4 is 10.6 Å². The van der Waals surface area contributed by atoms with Gasteiger partial charge in [-0.25, -0.2) is 0 Å². The van der Waals surface area contributed by atoms with E-state index >= 15 is 0 Å². The molecule has 2 heterocycles. The quantitative estimate of drug-likeness (QED) is 0.771. The third-order valence-electron chi connectivity index (χ3n) is 4.58. The van der Waals surface area contributed by atoms with Gasteiger partial charge < -0.3 is 20.5 Å². The number of carbonyl (C=O) groups excluding carboxylic acids is 2. The van der Waals surface area contributed by atoms with Crippen LogP contribution in [-0.4, -0.2) is 41.6 Å². The molecule has 3 rings (SSSR count). The molecule has 24 heavy (non-hydrogen) atoms. The molecule has 2 aliphatic rings. The van der Waals surface area contributed by atoms with Crippen molar-refractivity contribution >= 4 is 23.5 Å². The summed E-state index contributed by atoms with van der Waals surface area (Å²) in [4.78, 5) is 35.2. The number of hydrogen-bond donors (Lipinski definition) is 3. The van der Waals surface area contributed by atoms with Crippen LogP contribution in [0.1, 0.15) is 41.6 Å². The fourth-order valence-corrected chi connectivity index (χ4v) is 3.24. The molecule has 0 atom stereocenters. The molecule has 7 nitrogen and oxygen atoms in total. The Morgan fingerprint density at radius 2 is 2.00 bits per heavy atom. The molecule has 3 N–H and O–H groups in total. The molecule has 0 saturated carbocycles. The van der Waals surface area contributed by atoms with E-state index in [4.69, 9.17) is 9.84 Å². The summed E-state index contributed by atoms with van der Waals surface area (Å²) in [6, 6.07) is 5.13. The van der Waals surface area contributed by atoms with Crippen molar-refractivity contribution in [3.8, 4) is 0 Å². The number of anilines is 1. The highest BCUT2D eigenvalue weighted by Crippen LogP contribution is 2.27. The maximum absolute atomic E-state index is 12.6. The summed E-state index contributed by atoms with van der Waals surface area (Å²) in [5.74, 6) is -1.26. The van der Waals surface area contributed by atoms with Crippen molar-refractivity contribution in [2.75, 3.05) is 18.5 Å². The van der Waals surface area contributed by atoms with Gasteiger partial charge in [0, 0.05) is 30.9 Å². The van der Waals surface area contributed by atoms with E-state index in [1.54, 1.807) is 18.2 Å². The number of benzene rings is 1. The van der Waals surface area contributed by atoms with Crippen LogP contribution >= 0.6 is 0 Å². The molecule has 1 aromatic carbocycles. The predicted molar refractivity (Wildman–Crippen MR) is 85.9 cm³/mol. The minimum absolute atomic E-state index is 0.0256. The first-order valence-electron chi connectivity index (χ1n) is 8.02. The van der Waals surface area contributed by atoms with Gasteiger partial charge in [-0.05, 0) is 43.0 Å². The van der Waals surface area contributed by atoms with E-state index in [1.165, 1.54) is 0 Å². The SMILES string of the molecule is O=C(O)CC1(NC(=O)c2ccc3c(c2)CCC(=O)N3)CCOCC1. The van der Waals surface area contributed by atoms with E-state index in [0.717, 1.165) is 11.3 Å². The lowest BCUT2D eigenvalue weighted by atomic mass is 9.86. The van der Waals surface area contributed by atoms with Gasteiger partial charge in [-0.2, -0.15) is 0 Å². The Bertz CT molecular complexity index is 680. The Kier molecular flexibility index (Phi) is 4.53. The molecule has 1 saturated heterocycles. The average Bonchev–Trinajstić information content (AvgIpc) is 2.54. The predicted octanol–water partition coefficient (Wildman–Crippen LogP) is 1.32. The molecule has 0 aromatic heterocycles. The van der Waals surface area contributed by atoms with Crippen LogP contribution in [0.15, 0.2) is 18.2 Å². The second-order valence-corrected chi connectivity index (χ2v) is 6.34. The first kappa shape index (κ1) is 16.4. The van der Waals surface area contributed by atoms with Gasteiger partial charge >= 0.3 is 5.97 Å². The van der Waals surface area contributed by atoms with Crippen LogP contribution in [0.25, 0.3) is 0 Å². The number of fused-ring (bicyclic) bond motifs is 1. The first-order valence-corrected chi connectivity index (χ1v) is 8.02. The van der Waals surface area contributed by atoms with Crippen LogP contribution in [0.4, 0.5) is 5.69 Å². The van der Waals surface area contributed by atoms with Crippen LogP contribution in [0.2, 0.25) is 0 Å². The molecular weight excluding hydrogens is 312 g/mol. The van der Waals surface area contributed by atoms with Crippen LogP contribution in [0.3, 0.4) is 0 Å². The van der Waals surface area contributed by atoms with E-state index in [2.05, 4.69) is 10.6 Å². The number of carboxylic acid groups (broad SMARTS) is 1. The van der Waals surface area contributed by atoms with Crippen LogP contribution in [-0.2, 0) is 20.7 Å². The average molecular weight is 332 g/mol. The van der Waals surface area contributed by atoms with Crippen molar-refractivity contribution in [3.05, 3.63) is 29.3 Å². The number of hydrogen-bond acceptors (Lipinski definition) is 4. The zero-order valence-corrected chi connectivity index (χ0v) is 13.3. The van der Waals surface area contributed by atoms with Crippen molar-refractivity contribution in [3.63, 3.8) is 0 Å². The molecule has 2 aliphatic heterocycles. The zero-order valence-electron chi connectivity index (χ0n) is 13.3. The number of rotatable bonds is 4. The molecule has 0 bridgehead atoms. The molecule has 0 unspecified atom stereocenters. The van der Waals surface area contributed by atoms with Gasteiger partial charge in [0.25, 0.3) is 5.91 Å². The summed E-state index contributed by atoms with van der Waals surface area (Å²) < 4.78 is 5.29. The van der Waals surface area contributed by atoms with Gasteiger partial charge in [0.05, 0.1) is 12.0 Å². The maximum atomic E-state index is 12.6. The van der Waals surface area contributed by atoms with E-state index in [9.17, 15) is 14.4 Å². The molecule has 7 heteroatoms. The minimum Gasteiger partial charge on any atom is -0.481 e. The molecule has 0 aliphatic carbocycles. The third-order valence-corrected chi connectivity index (χ3v) is 4.58. The molecule has 128 valence electrons. The maximum Gasteiger partial charge on any atom is 0.305 e. The number of carboxylic acids is 1. The summed E-state index contributed by atoms with van der Waals surface area (Å²) in [5.41, 5.74) is 1.35. The lowest BCUT2D eigenvalue weighted by Gasteiger charge is -2.37. The number of amides is 2. The second-order valence-electron chi connectivity index (χ2n) is 6.34.